The summed E-state index contributed by atoms with van der Waals surface area (Å²) >= 11 is 0. The predicted molar refractivity (Wildman–Crippen MR) is 63.3 cm³/mol. The van der Waals surface area contributed by atoms with Crippen LogP contribution in [0.25, 0.3) is 16.7 Å². The highest BCUT2D eigenvalue weighted by atomic mass is 15.3. The van der Waals surface area contributed by atoms with E-state index in [2.05, 4.69) is 20.1 Å². The van der Waals surface area contributed by atoms with E-state index in [1.54, 1.807) is 23.1 Å². The Balaban J connectivity index is 2.24. The minimum absolute atomic E-state index is 0.407. The number of pyridine rings is 1. The smallest absolute Gasteiger partial charge is 0.168 e. The molecule has 0 unspecified atom stereocenters. The van der Waals surface area contributed by atoms with Gasteiger partial charge < -0.3 is 11.5 Å². The molecule has 0 saturated heterocycles. The number of anilines is 2. The van der Waals surface area contributed by atoms with Gasteiger partial charge in [0.05, 0.1) is 23.5 Å². The second-order valence-electron chi connectivity index (χ2n) is 3.49. The lowest BCUT2D eigenvalue weighted by atomic mass is 10.4. The summed E-state index contributed by atoms with van der Waals surface area (Å²) in [6.45, 7) is 0. The second-order valence-corrected chi connectivity index (χ2v) is 3.49. The largest absolute Gasteiger partial charge is 0.384 e. The monoisotopic (exact) mass is 227 g/mol. The molecule has 0 saturated carbocycles. The maximum Gasteiger partial charge on any atom is 0.168 e. The molecule has 0 aromatic carbocycles. The molecule has 3 rings (SSSR count). The third kappa shape index (κ3) is 1.44. The maximum absolute atomic E-state index is 5.73. The van der Waals surface area contributed by atoms with E-state index in [0.717, 1.165) is 5.69 Å². The molecule has 3 aromatic heterocycles. The first kappa shape index (κ1) is 9.52. The first-order valence-corrected chi connectivity index (χ1v) is 4.92. The third-order valence-electron chi connectivity index (χ3n) is 2.41. The molecule has 84 valence electrons. The van der Waals surface area contributed by atoms with Gasteiger partial charge in [-0.2, -0.15) is 5.10 Å². The summed E-state index contributed by atoms with van der Waals surface area (Å²) in [5.41, 5.74) is 12.7. The van der Waals surface area contributed by atoms with Crippen molar-refractivity contribution >= 4 is 22.7 Å². The topological polar surface area (TPSA) is 109 Å². The van der Waals surface area contributed by atoms with E-state index in [1.165, 1.54) is 6.33 Å². The molecule has 0 atom stereocenters. The Bertz CT molecular complexity index is 671. The fraction of sp³-hybridized carbons (Fsp3) is 0. The van der Waals surface area contributed by atoms with Crippen LogP contribution >= 0.6 is 0 Å². The molecule has 0 fully saturated rings. The van der Waals surface area contributed by atoms with Gasteiger partial charge in [-0.05, 0) is 12.1 Å². The summed E-state index contributed by atoms with van der Waals surface area (Å²) in [5.74, 6) is 0.865. The Morgan fingerprint density at radius 2 is 1.88 bits per heavy atom. The fourth-order valence-corrected chi connectivity index (χ4v) is 1.57. The van der Waals surface area contributed by atoms with Crippen molar-refractivity contribution in [2.75, 3.05) is 11.5 Å². The number of nitrogen functional groups attached to an aromatic ring is 2. The van der Waals surface area contributed by atoms with Gasteiger partial charge in [0.25, 0.3) is 0 Å². The summed E-state index contributed by atoms with van der Waals surface area (Å²) in [4.78, 5) is 12.1. The lowest BCUT2D eigenvalue weighted by Crippen LogP contribution is -2.00. The van der Waals surface area contributed by atoms with Crippen molar-refractivity contribution in [1.82, 2.24) is 24.7 Å². The Kier molecular flexibility index (Phi) is 1.91. The van der Waals surface area contributed by atoms with E-state index in [9.17, 15) is 0 Å². The zero-order chi connectivity index (χ0) is 11.8. The van der Waals surface area contributed by atoms with Crippen LogP contribution < -0.4 is 11.5 Å². The summed E-state index contributed by atoms with van der Waals surface area (Å²) < 4.78 is 1.64. The standard InChI is InChI=1S/C10H9N7/c11-8-2-1-6(3-13-8)17-10-7(4-16-17)9(12)14-5-15-10/h1-5H,(H2,11,13)(H2,12,14,15). The van der Waals surface area contributed by atoms with Crippen LogP contribution in [0.15, 0.2) is 30.9 Å². The van der Waals surface area contributed by atoms with Crippen LogP contribution in [0.1, 0.15) is 0 Å². The molecule has 0 amide bonds. The van der Waals surface area contributed by atoms with Gasteiger partial charge in [0.15, 0.2) is 5.65 Å². The van der Waals surface area contributed by atoms with E-state index in [0.29, 0.717) is 22.7 Å². The van der Waals surface area contributed by atoms with Gasteiger partial charge in [0.2, 0.25) is 0 Å². The molecule has 3 heterocycles. The number of rotatable bonds is 1. The molecular weight excluding hydrogens is 218 g/mol. The minimum atomic E-state index is 0.407. The van der Waals surface area contributed by atoms with Crippen LogP contribution in [-0.4, -0.2) is 24.7 Å². The minimum Gasteiger partial charge on any atom is -0.384 e. The van der Waals surface area contributed by atoms with Crippen molar-refractivity contribution in [2.45, 2.75) is 0 Å². The quantitative estimate of drug-likeness (QED) is 0.621. The molecule has 0 radical (unpaired) electrons. The number of nitrogens with zero attached hydrogens (tertiary/aromatic N) is 5. The number of nitrogens with two attached hydrogens (primary N) is 2. The Hall–Kier alpha value is -2.70. The predicted octanol–water partition coefficient (Wildman–Crippen LogP) is 0.375. The molecule has 0 aliphatic heterocycles. The first-order valence-electron chi connectivity index (χ1n) is 4.92. The molecule has 4 N–H and O–H groups in total. The zero-order valence-electron chi connectivity index (χ0n) is 8.78. The molecule has 7 heteroatoms. The fourth-order valence-electron chi connectivity index (χ4n) is 1.57. The Labute approximate surface area is 96.1 Å². The van der Waals surface area contributed by atoms with Crippen molar-refractivity contribution in [3.8, 4) is 5.69 Å². The number of fused-ring (bicyclic) bond motifs is 1. The zero-order valence-corrected chi connectivity index (χ0v) is 8.78. The average molecular weight is 227 g/mol. The highest BCUT2D eigenvalue weighted by Gasteiger charge is 2.08. The molecule has 0 spiro atoms. The third-order valence-corrected chi connectivity index (χ3v) is 2.41. The van der Waals surface area contributed by atoms with Crippen LogP contribution in [0.5, 0.6) is 0 Å². The molecule has 7 nitrogen and oxygen atoms in total. The van der Waals surface area contributed by atoms with Crippen LogP contribution in [0, 0.1) is 0 Å². The van der Waals surface area contributed by atoms with Gasteiger partial charge in [-0.25, -0.2) is 19.6 Å². The molecule has 0 bridgehead atoms. The normalized spacial score (nSPS) is 10.8. The average Bonchev–Trinajstić information content (AvgIpc) is 2.75. The number of hydrogen-bond acceptors (Lipinski definition) is 6. The van der Waals surface area contributed by atoms with E-state index in [4.69, 9.17) is 11.5 Å². The molecule has 3 aromatic rings. The first-order chi connectivity index (χ1) is 8.25. The van der Waals surface area contributed by atoms with E-state index in [-0.39, 0.29) is 0 Å². The van der Waals surface area contributed by atoms with Gasteiger partial charge in [-0.15, -0.1) is 0 Å². The van der Waals surface area contributed by atoms with Crippen LogP contribution in [0.2, 0.25) is 0 Å². The highest BCUT2D eigenvalue weighted by molar-refractivity contribution is 5.85. The second kappa shape index (κ2) is 3.41. The van der Waals surface area contributed by atoms with Gasteiger partial charge in [-0.1, -0.05) is 0 Å². The van der Waals surface area contributed by atoms with E-state index >= 15 is 0 Å². The van der Waals surface area contributed by atoms with Gasteiger partial charge >= 0.3 is 0 Å². The van der Waals surface area contributed by atoms with Gasteiger partial charge in [-0.3, -0.25) is 0 Å². The Morgan fingerprint density at radius 3 is 2.65 bits per heavy atom. The number of aromatic nitrogens is 5. The van der Waals surface area contributed by atoms with Gasteiger partial charge in [0.1, 0.15) is 18.0 Å². The Morgan fingerprint density at radius 1 is 1.00 bits per heavy atom. The van der Waals surface area contributed by atoms with Crippen molar-refractivity contribution < 1.29 is 0 Å². The van der Waals surface area contributed by atoms with Crippen molar-refractivity contribution in [2.24, 2.45) is 0 Å². The SMILES string of the molecule is Nc1ccc(-n2ncc3c(N)ncnc32)cn1. The van der Waals surface area contributed by atoms with Crippen LogP contribution in [0.3, 0.4) is 0 Å². The summed E-state index contributed by atoms with van der Waals surface area (Å²) in [7, 11) is 0. The lowest BCUT2D eigenvalue weighted by molar-refractivity contribution is 0.889. The summed E-state index contributed by atoms with van der Waals surface area (Å²) in [5, 5.41) is 4.92. The van der Waals surface area contributed by atoms with Gasteiger partial charge in [0, 0.05) is 0 Å². The van der Waals surface area contributed by atoms with Crippen LogP contribution in [0.4, 0.5) is 11.6 Å². The summed E-state index contributed by atoms with van der Waals surface area (Å²) in [6.07, 6.45) is 4.65. The van der Waals surface area contributed by atoms with E-state index in [1.807, 2.05) is 6.07 Å². The van der Waals surface area contributed by atoms with Crippen molar-refractivity contribution in [3.05, 3.63) is 30.9 Å². The molecule has 17 heavy (non-hydrogen) atoms. The maximum atomic E-state index is 5.73. The lowest BCUT2D eigenvalue weighted by Gasteiger charge is -2.02. The van der Waals surface area contributed by atoms with Crippen molar-refractivity contribution in [1.29, 1.82) is 0 Å². The highest BCUT2D eigenvalue weighted by Crippen LogP contribution is 2.18. The van der Waals surface area contributed by atoms with Crippen LogP contribution in [-0.2, 0) is 0 Å². The molecular formula is C10H9N7. The summed E-state index contributed by atoms with van der Waals surface area (Å²) in [6, 6.07) is 3.51. The molecule has 0 aliphatic rings. The van der Waals surface area contributed by atoms with E-state index < -0.39 is 0 Å². The number of hydrogen-bond donors (Lipinski definition) is 2. The van der Waals surface area contributed by atoms with Crippen molar-refractivity contribution in [3.63, 3.8) is 0 Å². The molecule has 0 aliphatic carbocycles.